The van der Waals surface area contributed by atoms with Crippen LogP contribution in [-0.4, -0.2) is 52.8 Å². The third kappa shape index (κ3) is 6.23. The van der Waals surface area contributed by atoms with Gasteiger partial charge in [0.2, 0.25) is 0 Å². The second-order valence-electron chi connectivity index (χ2n) is 3.70. The lowest BCUT2D eigenvalue weighted by Crippen LogP contribution is -2.30. The number of nitrogens with zero attached hydrogens (tertiary/aromatic N) is 1. The predicted octanol–water partition coefficient (Wildman–Crippen LogP) is 1.03. The highest BCUT2D eigenvalue weighted by Gasteiger charge is 2.16. The molecule has 2 atom stereocenters. The Morgan fingerprint density at radius 1 is 1.38 bits per heavy atom. The van der Waals surface area contributed by atoms with Gasteiger partial charge in [-0.3, -0.25) is 9.00 Å². The van der Waals surface area contributed by atoms with E-state index in [0.717, 1.165) is 19.6 Å². The number of carbonyl (C=O) groups is 1. The van der Waals surface area contributed by atoms with Crippen LogP contribution in [0.4, 0.5) is 0 Å². The fraction of sp³-hybridized carbons (Fsp3) is 0.909. The minimum absolute atomic E-state index is 0.122. The van der Waals surface area contributed by atoms with Gasteiger partial charge in [-0.1, -0.05) is 20.8 Å². The number of esters is 1. The molecule has 0 aliphatic carbocycles. The Balaban J connectivity index is 3.91. The number of carbonyl (C=O) groups excluding carboxylic acids is 1. The van der Waals surface area contributed by atoms with Gasteiger partial charge in [0, 0.05) is 28.3 Å². The summed E-state index contributed by atoms with van der Waals surface area (Å²) in [6, 6.07) is 0. The molecule has 4 nitrogen and oxygen atoms in total. The Morgan fingerprint density at radius 3 is 2.38 bits per heavy atom. The largest absolute Gasteiger partial charge is 0.469 e. The molecule has 0 aliphatic heterocycles. The number of methoxy groups -OCH3 is 1. The lowest BCUT2D eigenvalue weighted by molar-refractivity contribution is -0.140. The van der Waals surface area contributed by atoms with Crippen molar-refractivity contribution in [3.63, 3.8) is 0 Å². The predicted molar refractivity (Wildman–Crippen MR) is 66.9 cm³/mol. The molecule has 2 unspecified atom stereocenters. The SMILES string of the molecule is CCN(CC)CCS(=O)C(C)CC(=O)OC. The Morgan fingerprint density at radius 2 is 1.94 bits per heavy atom. The van der Waals surface area contributed by atoms with Crippen molar-refractivity contribution in [3.05, 3.63) is 0 Å². The molecule has 0 aromatic carbocycles. The van der Waals surface area contributed by atoms with Gasteiger partial charge in [-0.15, -0.1) is 0 Å². The summed E-state index contributed by atoms with van der Waals surface area (Å²) in [6.45, 7) is 8.77. The fourth-order valence-corrected chi connectivity index (χ4v) is 2.53. The molecule has 0 saturated carbocycles. The molecular weight excluding hydrogens is 226 g/mol. The molecule has 0 radical (unpaired) electrons. The third-order valence-electron chi connectivity index (χ3n) is 2.63. The molecule has 0 heterocycles. The summed E-state index contributed by atoms with van der Waals surface area (Å²) in [5, 5.41) is -0.122. The van der Waals surface area contributed by atoms with Crippen LogP contribution in [0.15, 0.2) is 0 Å². The first-order valence-electron chi connectivity index (χ1n) is 5.71. The van der Waals surface area contributed by atoms with Crippen LogP contribution >= 0.6 is 0 Å². The minimum atomic E-state index is -0.953. The molecule has 0 bridgehead atoms. The first kappa shape index (κ1) is 15.6. The van der Waals surface area contributed by atoms with Gasteiger partial charge in [0.1, 0.15) is 0 Å². The quantitative estimate of drug-likeness (QED) is 0.603. The summed E-state index contributed by atoms with van der Waals surface area (Å²) in [6.07, 6.45) is 0.237. The van der Waals surface area contributed by atoms with Crippen LogP contribution in [0.5, 0.6) is 0 Å². The topological polar surface area (TPSA) is 46.6 Å². The minimum Gasteiger partial charge on any atom is -0.469 e. The number of rotatable bonds is 8. The maximum atomic E-state index is 11.8. The Bertz CT molecular complexity index is 229. The van der Waals surface area contributed by atoms with Crippen LogP contribution in [0.3, 0.4) is 0 Å². The van der Waals surface area contributed by atoms with E-state index >= 15 is 0 Å². The average molecular weight is 249 g/mol. The lowest BCUT2D eigenvalue weighted by Gasteiger charge is -2.18. The average Bonchev–Trinajstić information content (AvgIpc) is 2.29. The number of hydrogen-bond donors (Lipinski definition) is 0. The summed E-state index contributed by atoms with van der Waals surface area (Å²) < 4.78 is 16.4. The number of ether oxygens (including phenoxy) is 1. The molecule has 0 aliphatic rings. The van der Waals surface area contributed by atoms with E-state index in [9.17, 15) is 9.00 Å². The van der Waals surface area contributed by atoms with E-state index in [2.05, 4.69) is 23.5 Å². The van der Waals surface area contributed by atoms with Crippen LogP contribution in [0, 0.1) is 0 Å². The van der Waals surface area contributed by atoms with Crippen molar-refractivity contribution in [2.75, 3.05) is 32.5 Å². The Hall–Kier alpha value is -0.420. The summed E-state index contributed by atoms with van der Waals surface area (Å²) in [7, 11) is 0.402. The molecule has 0 aromatic heterocycles. The molecule has 0 N–H and O–H groups in total. The van der Waals surface area contributed by atoms with Gasteiger partial charge in [0.15, 0.2) is 0 Å². The zero-order valence-electron chi connectivity index (χ0n) is 10.7. The number of hydrogen-bond acceptors (Lipinski definition) is 4. The monoisotopic (exact) mass is 249 g/mol. The van der Waals surface area contributed by atoms with E-state index in [-0.39, 0.29) is 17.6 Å². The normalized spacial score (nSPS) is 14.8. The van der Waals surface area contributed by atoms with E-state index in [0.29, 0.717) is 5.75 Å². The van der Waals surface area contributed by atoms with Gasteiger partial charge < -0.3 is 9.64 Å². The highest BCUT2D eigenvalue weighted by Crippen LogP contribution is 2.03. The Kier molecular flexibility index (Phi) is 8.47. The van der Waals surface area contributed by atoms with E-state index < -0.39 is 10.8 Å². The molecule has 16 heavy (non-hydrogen) atoms. The van der Waals surface area contributed by atoms with Crippen LogP contribution in [0.25, 0.3) is 0 Å². The maximum Gasteiger partial charge on any atom is 0.306 e. The third-order valence-corrected chi connectivity index (χ3v) is 4.28. The highest BCUT2D eigenvalue weighted by molar-refractivity contribution is 7.85. The summed E-state index contributed by atoms with van der Waals surface area (Å²) in [4.78, 5) is 13.2. The maximum absolute atomic E-state index is 11.8. The molecule has 96 valence electrons. The van der Waals surface area contributed by atoms with E-state index in [4.69, 9.17) is 0 Å². The first-order chi connectivity index (χ1) is 7.54. The molecule has 0 amide bonds. The van der Waals surface area contributed by atoms with Crippen molar-refractivity contribution in [1.29, 1.82) is 0 Å². The summed E-state index contributed by atoms with van der Waals surface area (Å²) in [5.74, 6) is 0.337. The molecule has 0 fully saturated rings. The molecule has 0 aromatic rings. The van der Waals surface area contributed by atoms with Crippen molar-refractivity contribution in [2.24, 2.45) is 0 Å². The van der Waals surface area contributed by atoms with Gasteiger partial charge in [-0.05, 0) is 13.1 Å². The van der Waals surface area contributed by atoms with Gasteiger partial charge in [-0.25, -0.2) is 0 Å². The van der Waals surface area contributed by atoms with Crippen LogP contribution in [0.1, 0.15) is 27.2 Å². The second-order valence-corrected chi connectivity index (χ2v) is 5.68. The fourth-order valence-electron chi connectivity index (χ4n) is 1.37. The van der Waals surface area contributed by atoms with E-state index in [1.807, 2.05) is 6.92 Å². The van der Waals surface area contributed by atoms with E-state index in [1.54, 1.807) is 0 Å². The zero-order valence-corrected chi connectivity index (χ0v) is 11.5. The van der Waals surface area contributed by atoms with E-state index in [1.165, 1.54) is 7.11 Å². The standard InChI is InChI=1S/C11H23NO3S/c1-5-12(6-2)7-8-16(14)10(3)9-11(13)15-4/h10H,5-9H2,1-4H3. The first-order valence-corrected chi connectivity index (χ1v) is 7.09. The van der Waals surface area contributed by atoms with Gasteiger partial charge in [-0.2, -0.15) is 0 Å². The Labute approximate surface area is 101 Å². The summed E-state index contributed by atoms with van der Waals surface area (Å²) >= 11 is 0. The highest BCUT2D eigenvalue weighted by atomic mass is 32.2. The van der Waals surface area contributed by atoms with Crippen LogP contribution < -0.4 is 0 Å². The summed E-state index contributed by atoms with van der Waals surface area (Å²) in [5.41, 5.74) is 0. The molecule has 0 saturated heterocycles. The van der Waals surface area contributed by atoms with Crippen LogP contribution in [-0.2, 0) is 20.3 Å². The lowest BCUT2D eigenvalue weighted by atomic mass is 10.3. The van der Waals surface area contributed by atoms with Gasteiger partial charge >= 0.3 is 5.97 Å². The van der Waals surface area contributed by atoms with Crippen molar-refractivity contribution >= 4 is 16.8 Å². The zero-order chi connectivity index (χ0) is 12.6. The molecular formula is C11H23NO3S. The van der Waals surface area contributed by atoms with Crippen molar-refractivity contribution in [3.8, 4) is 0 Å². The van der Waals surface area contributed by atoms with Crippen molar-refractivity contribution in [2.45, 2.75) is 32.4 Å². The smallest absolute Gasteiger partial charge is 0.306 e. The second kappa shape index (κ2) is 8.70. The van der Waals surface area contributed by atoms with Gasteiger partial charge in [0.05, 0.1) is 13.5 Å². The van der Waals surface area contributed by atoms with Crippen molar-refractivity contribution in [1.82, 2.24) is 4.90 Å². The molecule has 0 spiro atoms. The molecule has 5 heteroatoms. The molecule has 0 rings (SSSR count). The van der Waals surface area contributed by atoms with Gasteiger partial charge in [0.25, 0.3) is 0 Å². The van der Waals surface area contributed by atoms with Crippen LogP contribution in [0.2, 0.25) is 0 Å². The van der Waals surface area contributed by atoms with Crippen molar-refractivity contribution < 1.29 is 13.7 Å².